The zero-order valence-electron chi connectivity index (χ0n) is 16.1. The smallest absolute Gasteiger partial charge is 0.305 e. The third-order valence-electron chi connectivity index (χ3n) is 5.93. The fourth-order valence-electron chi connectivity index (χ4n) is 4.47. The van der Waals surface area contributed by atoms with Gasteiger partial charge in [0.05, 0.1) is 31.3 Å². The van der Waals surface area contributed by atoms with Crippen molar-refractivity contribution in [3.63, 3.8) is 0 Å². The second-order valence-electron chi connectivity index (χ2n) is 7.98. The summed E-state index contributed by atoms with van der Waals surface area (Å²) in [5, 5.41) is 30.4. The lowest BCUT2D eigenvalue weighted by atomic mass is 9.88. The minimum Gasteiger partial charge on any atom is -0.481 e. The summed E-state index contributed by atoms with van der Waals surface area (Å²) in [7, 11) is 0. The molecule has 3 fully saturated rings. The summed E-state index contributed by atoms with van der Waals surface area (Å²) in [6.07, 6.45) is -3.60. The number of carbonyl (C=O) groups is 1. The second kappa shape index (κ2) is 9.07. The molecule has 8 heteroatoms. The van der Waals surface area contributed by atoms with Gasteiger partial charge in [-0.1, -0.05) is 30.3 Å². The van der Waals surface area contributed by atoms with Gasteiger partial charge in [0.1, 0.15) is 30.5 Å². The predicted octanol–water partition coefficient (Wildman–Crippen LogP) is 0.872. The Balaban J connectivity index is 1.30. The highest BCUT2D eigenvalue weighted by atomic mass is 16.6. The van der Waals surface area contributed by atoms with Crippen LogP contribution in [0.2, 0.25) is 0 Å². The Labute approximate surface area is 169 Å². The number of aliphatic carboxylic acids is 1. The first-order chi connectivity index (χ1) is 14.0. The molecule has 3 N–H and O–H groups in total. The van der Waals surface area contributed by atoms with E-state index in [2.05, 4.69) is 0 Å². The number of aliphatic hydroxyl groups excluding tert-OH is 2. The molecular weight excluding hydrogens is 380 g/mol. The molecule has 1 aromatic rings. The first kappa shape index (κ1) is 20.7. The number of rotatable bonds is 7. The van der Waals surface area contributed by atoms with Gasteiger partial charge < -0.3 is 34.3 Å². The third kappa shape index (κ3) is 4.63. The Morgan fingerprint density at radius 2 is 1.76 bits per heavy atom. The van der Waals surface area contributed by atoms with Crippen molar-refractivity contribution in [3.8, 4) is 0 Å². The van der Waals surface area contributed by atoms with Crippen LogP contribution in [0.5, 0.6) is 0 Å². The van der Waals surface area contributed by atoms with Gasteiger partial charge in [-0.3, -0.25) is 4.79 Å². The van der Waals surface area contributed by atoms with Gasteiger partial charge in [0, 0.05) is 6.61 Å². The van der Waals surface area contributed by atoms with E-state index in [-0.39, 0.29) is 12.5 Å². The van der Waals surface area contributed by atoms with Gasteiger partial charge in [0.2, 0.25) is 0 Å². The molecule has 0 bridgehead atoms. The van der Waals surface area contributed by atoms with Gasteiger partial charge in [-0.25, -0.2) is 0 Å². The highest BCUT2D eigenvalue weighted by Crippen LogP contribution is 2.39. The molecule has 0 radical (unpaired) electrons. The van der Waals surface area contributed by atoms with Crippen LogP contribution < -0.4 is 0 Å². The van der Waals surface area contributed by atoms with Gasteiger partial charge in [-0.15, -0.1) is 0 Å². The number of aliphatic hydroxyl groups is 2. The van der Waals surface area contributed by atoms with Crippen LogP contribution in [0.4, 0.5) is 0 Å². The molecule has 4 rings (SSSR count). The first-order valence-electron chi connectivity index (χ1n) is 10.2. The maximum Gasteiger partial charge on any atom is 0.305 e. The van der Waals surface area contributed by atoms with Crippen LogP contribution in [-0.2, 0) is 30.3 Å². The molecule has 3 saturated heterocycles. The molecule has 3 heterocycles. The van der Waals surface area contributed by atoms with Crippen molar-refractivity contribution in [2.75, 3.05) is 6.61 Å². The zero-order chi connectivity index (χ0) is 20.4. The van der Waals surface area contributed by atoms with Gasteiger partial charge in [0.15, 0.2) is 0 Å². The number of carboxylic acids is 1. The summed E-state index contributed by atoms with van der Waals surface area (Å²) < 4.78 is 23.4. The summed E-state index contributed by atoms with van der Waals surface area (Å²) >= 11 is 0. The van der Waals surface area contributed by atoms with Crippen molar-refractivity contribution in [2.45, 2.75) is 81.1 Å². The van der Waals surface area contributed by atoms with Crippen molar-refractivity contribution in [3.05, 3.63) is 35.9 Å². The fourth-order valence-corrected chi connectivity index (χ4v) is 4.47. The lowest BCUT2D eigenvalue weighted by Gasteiger charge is -2.46. The van der Waals surface area contributed by atoms with Gasteiger partial charge in [-0.05, 0) is 24.8 Å². The summed E-state index contributed by atoms with van der Waals surface area (Å²) in [4.78, 5) is 11.0. The molecule has 3 aliphatic rings. The minimum atomic E-state index is -0.972. The van der Waals surface area contributed by atoms with Crippen molar-refractivity contribution in [1.29, 1.82) is 0 Å². The number of fused-ring (bicyclic) bond motifs is 2. The molecule has 0 aromatic heterocycles. The minimum absolute atomic E-state index is 0.102. The summed E-state index contributed by atoms with van der Waals surface area (Å²) in [6.45, 7) is 0.898. The van der Waals surface area contributed by atoms with E-state index >= 15 is 0 Å². The number of carboxylic acid groups (broad SMARTS) is 1. The maximum absolute atomic E-state index is 11.0. The SMILES string of the molecule is O=C(O)C[C@H]1CC[C@@H]2O[C@H]3[C@@H](O)[C@@H](CCOCc4ccccc4)O[C@H]3[C@@H](O)[C@H]2O1. The largest absolute Gasteiger partial charge is 0.481 e. The molecule has 29 heavy (non-hydrogen) atoms. The lowest BCUT2D eigenvalue weighted by molar-refractivity contribution is -0.259. The molecule has 0 spiro atoms. The predicted molar refractivity (Wildman–Crippen MR) is 100 cm³/mol. The van der Waals surface area contributed by atoms with E-state index in [4.69, 9.17) is 24.1 Å². The summed E-state index contributed by atoms with van der Waals surface area (Å²) in [6, 6.07) is 9.82. The quantitative estimate of drug-likeness (QED) is 0.570. The molecule has 0 saturated carbocycles. The van der Waals surface area contributed by atoms with E-state index in [9.17, 15) is 15.0 Å². The molecule has 0 aliphatic carbocycles. The Bertz CT molecular complexity index is 683. The number of ether oxygens (including phenoxy) is 4. The van der Waals surface area contributed by atoms with Crippen LogP contribution in [0.1, 0.15) is 31.2 Å². The van der Waals surface area contributed by atoms with E-state index < -0.39 is 48.7 Å². The fraction of sp³-hybridized carbons (Fsp3) is 0.667. The molecule has 8 atom stereocenters. The second-order valence-corrected chi connectivity index (χ2v) is 7.98. The standard InChI is InChI=1S/C21H28O8/c22-16(23)10-13-6-7-15-19(27-13)18(25)21-20(29-15)17(24)14(28-21)8-9-26-11-12-4-2-1-3-5-12/h1-5,13-15,17-21,24-25H,6-11H2,(H,22,23)/t13-,14-,15+,17+,18+,19+,20+,21+/m1/s1. The molecule has 8 nitrogen and oxygen atoms in total. The van der Waals surface area contributed by atoms with Crippen LogP contribution in [0.15, 0.2) is 30.3 Å². The average molecular weight is 408 g/mol. The van der Waals surface area contributed by atoms with Crippen molar-refractivity contribution >= 4 is 5.97 Å². The van der Waals surface area contributed by atoms with E-state index in [0.717, 1.165) is 5.56 Å². The highest BCUT2D eigenvalue weighted by Gasteiger charge is 2.56. The molecule has 3 aliphatic heterocycles. The Hall–Kier alpha value is -1.55. The maximum atomic E-state index is 11.0. The topological polar surface area (TPSA) is 115 Å². The molecule has 0 amide bonds. The molecule has 0 unspecified atom stereocenters. The van der Waals surface area contributed by atoms with Crippen LogP contribution in [-0.4, -0.2) is 76.7 Å². The zero-order valence-corrected chi connectivity index (χ0v) is 16.1. The van der Waals surface area contributed by atoms with Crippen LogP contribution in [0, 0.1) is 0 Å². The molecule has 160 valence electrons. The number of hydrogen-bond acceptors (Lipinski definition) is 7. The van der Waals surface area contributed by atoms with E-state index in [1.807, 2.05) is 30.3 Å². The Morgan fingerprint density at radius 1 is 1.00 bits per heavy atom. The van der Waals surface area contributed by atoms with Crippen molar-refractivity contribution in [2.24, 2.45) is 0 Å². The van der Waals surface area contributed by atoms with Gasteiger partial charge >= 0.3 is 5.97 Å². The molecular formula is C21H28O8. The van der Waals surface area contributed by atoms with Gasteiger partial charge in [0.25, 0.3) is 0 Å². The summed E-state index contributed by atoms with van der Waals surface area (Å²) in [5.41, 5.74) is 1.07. The van der Waals surface area contributed by atoms with E-state index in [1.165, 1.54) is 0 Å². The van der Waals surface area contributed by atoms with E-state index in [1.54, 1.807) is 0 Å². The number of hydrogen-bond donors (Lipinski definition) is 3. The van der Waals surface area contributed by atoms with Crippen LogP contribution >= 0.6 is 0 Å². The monoisotopic (exact) mass is 408 g/mol. The third-order valence-corrected chi connectivity index (χ3v) is 5.93. The Morgan fingerprint density at radius 3 is 2.52 bits per heavy atom. The average Bonchev–Trinajstić information content (AvgIpc) is 3.02. The molecule has 1 aromatic carbocycles. The van der Waals surface area contributed by atoms with Crippen LogP contribution in [0.25, 0.3) is 0 Å². The normalized spacial score (nSPS) is 39.0. The number of benzene rings is 1. The van der Waals surface area contributed by atoms with Crippen molar-refractivity contribution in [1.82, 2.24) is 0 Å². The van der Waals surface area contributed by atoms with Crippen LogP contribution in [0.3, 0.4) is 0 Å². The Kier molecular flexibility index (Phi) is 6.48. The highest BCUT2D eigenvalue weighted by molar-refractivity contribution is 5.67. The first-order valence-corrected chi connectivity index (χ1v) is 10.2. The lowest BCUT2D eigenvalue weighted by Crippen LogP contribution is -2.61. The van der Waals surface area contributed by atoms with Gasteiger partial charge in [-0.2, -0.15) is 0 Å². The van der Waals surface area contributed by atoms with E-state index in [0.29, 0.717) is 32.5 Å². The summed E-state index contributed by atoms with van der Waals surface area (Å²) in [5.74, 6) is -0.930. The van der Waals surface area contributed by atoms with Crippen molar-refractivity contribution < 1.29 is 39.1 Å².